The molecule has 0 spiro atoms. The minimum atomic E-state index is -0.749. The van der Waals surface area contributed by atoms with Crippen LogP contribution in [0.3, 0.4) is 0 Å². The van der Waals surface area contributed by atoms with Crippen LogP contribution in [0, 0.1) is 12.8 Å². The van der Waals surface area contributed by atoms with Crippen LogP contribution in [0.5, 0.6) is 0 Å². The van der Waals surface area contributed by atoms with Crippen molar-refractivity contribution in [2.24, 2.45) is 5.92 Å². The van der Waals surface area contributed by atoms with E-state index in [0.29, 0.717) is 11.3 Å². The Bertz CT molecular complexity index is 987. The summed E-state index contributed by atoms with van der Waals surface area (Å²) in [5, 5.41) is 3.78. The molecule has 1 saturated heterocycles. The van der Waals surface area contributed by atoms with Gasteiger partial charge >= 0.3 is 5.97 Å². The van der Waals surface area contributed by atoms with Gasteiger partial charge in [0, 0.05) is 17.7 Å². The number of rotatable bonds is 7. The first-order valence-corrected chi connectivity index (χ1v) is 10.1. The van der Waals surface area contributed by atoms with Gasteiger partial charge in [-0.25, -0.2) is 0 Å². The third kappa shape index (κ3) is 5.69. The number of benzene rings is 2. The van der Waals surface area contributed by atoms with E-state index in [1.165, 1.54) is 0 Å². The van der Waals surface area contributed by atoms with Crippen molar-refractivity contribution in [1.82, 2.24) is 10.4 Å². The molecule has 1 heterocycles. The van der Waals surface area contributed by atoms with Gasteiger partial charge in [0.25, 0.3) is 11.8 Å². The highest BCUT2D eigenvalue weighted by molar-refractivity contribution is 5.98. The fourth-order valence-corrected chi connectivity index (χ4v) is 3.26. The van der Waals surface area contributed by atoms with Gasteiger partial charge in [0.15, 0.2) is 6.61 Å². The molecule has 31 heavy (non-hydrogen) atoms. The van der Waals surface area contributed by atoms with E-state index < -0.39 is 30.3 Å². The molecule has 0 saturated carbocycles. The van der Waals surface area contributed by atoms with Crippen LogP contribution >= 0.6 is 0 Å². The van der Waals surface area contributed by atoms with Crippen molar-refractivity contribution in [1.29, 1.82) is 0 Å². The predicted octanol–water partition coefficient (Wildman–Crippen LogP) is 2.23. The zero-order valence-corrected chi connectivity index (χ0v) is 17.5. The summed E-state index contributed by atoms with van der Waals surface area (Å²) in [6.07, 6.45) is 0.807. The molecule has 1 atom stereocenters. The van der Waals surface area contributed by atoms with Crippen molar-refractivity contribution in [3.63, 3.8) is 0 Å². The SMILES string of the molecule is CCc1ccc(NC(=O)COC(=O)[C@H]2CC(=O)N(NC(=O)c3ccccc3C)C2)cc1. The van der Waals surface area contributed by atoms with E-state index in [1.54, 1.807) is 37.3 Å². The molecule has 0 radical (unpaired) electrons. The van der Waals surface area contributed by atoms with E-state index in [2.05, 4.69) is 10.7 Å². The number of hydrogen-bond donors (Lipinski definition) is 2. The molecule has 2 aromatic carbocycles. The third-order valence-corrected chi connectivity index (χ3v) is 5.08. The molecule has 8 nitrogen and oxygen atoms in total. The van der Waals surface area contributed by atoms with Gasteiger partial charge < -0.3 is 10.1 Å². The number of hydrazine groups is 1. The zero-order chi connectivity index (χ0) is 22.4. The number of carbonyl (C=O) groups is 4. The zero-order valence-electron chi connectivity index (χ0n) is 17.5. The molecular weight excluding hydrogens is 398 g/mol. The van der Waals surface area contributed by atoms with Gasteiger partial charge in [-0.15, -0.1) is 0 Å². The molecule has 8 heteroatoms. The van der Waals surface area contributed by atoms with Crippen LogP contribution in [-0.2, 0) is 25.5 Å². The monoisotopic (exact) mass is 423 g/mol. The lowest BCUT2D eigenvalue weighted by Crippen LogP contribution is -2.43. The summed E-state index contributed by atoms with van der Waals surface area (Å²) in [6, 6.07) is 14.4. The number of anilines is 1. The third-order valence-electron chi connectivity index (χ3n) is 5.08. The van der Waals surface area contributed by atoms with Gasteiger partial charge in [0.2, 0.25) is 5.91 Å². The summed E-state index contributed by atoms with van der Waals surface area (Å²) in [5.74, 6) is -2.68. The summed E-state index contributed by atoms with van der Waals surface area (Å²) in [4.78, 5) is 48.9. The molecule has 3 rings (SSSR count). The smallest absolute Gasteiger partial charge is 0.311 e. The van der Waals surface area contributed by atoms with E-state index >= 15 is 0 Å². The molecule has 1 aliphatic heterocycles. The Labute approximate surface area is 180 Å². The van der Waals surface area contributed by atoms with Crippen LogP contribution in [0.25, 0.3) is 0 Å². The number of nitrogens with one attached hydrogen (secondary N) is 2. The Kier molecular flexibility index (Phi) is 7.02. The largest absolute Gasteiger partial charge is 0.455 e. The van der Waals surface area contributed by atoms with Gasteiger partial charge in [0.1, 0.15) is 0 Å². The first-order chi connectivity index (χ1) is 14.9. The standard InChI is InChI=1S/C23H25N3O5/c1-3-16-8-10-18(11-9-16)24-20(27)14-31-23(30)17-12-21(28)26(13-17)25-22(29)19-7-5-4-6-15(19)2/h4-11,17H,3,12-14H2,1-2H3,(H,24,27)(H,25,29)/t17-/m0/s1. The summed E-state index contributed by atoms with van der Waals surface area (Å²) in [6.45, 7) is 3.38. The maximum absolute atomic E-state index is 12.4. The quantitative estimate of drug-likeness (QED) is 0.665. The van der Waals surface area contributed by atoms with E-state index in [0.717, 1.165) is 22.6 Å². The summed E-state index contributed by atoms with van der Waals surface area (Å²) in [5.41, 5.74) is 5.52. The van der Waals surface area contributed by atoms with Gasteiger partial charge in [-0.1, -0.05) is 37.3 Å². The molecule has 0 aromatic heterocycles. The van der Waals surface area contributed by atoms with Crippen LogP contribution in [0.15, 0.2) is 48.5 Å². The van der Waals surface area contributed by atoms with Crippen LogP contribution in [-0.4, -0.2) is 41.9 Å². The molecule has 3 amide bonds. The fraction of sp³-hybridized carbons (Fsp3) is 0.304. The van der Waals surface area contributed by atoms with E-state index in [1.807, 2.05) is 25.1 Å². The molecular formula is C23H25N3O5. The van der Waals surface area contributed by atoms with Crippen molar-refractivity contribution in [2.75, 3.05) is 18.5 Å². The second kappa shape index (κ2) is 9.88. The Hall–Kier alpha value is -3.68. The highest BCUT2D eigenvalue weighted by atomic mass is 16.5. The molecule has 0 unspecified atom stereocenters. The van der Waals surface area contributed by atoms with E-state index in [9.17, 15) is 19.2 Å². The van der Waals surface area contributed by atoms with Crippen LogP contribution in [0.4, 0.5) is 5.69 Å². The summed E-state index contributed by atoms with van der Waals surface area (Å²) >= 11 is 0. The average Bonchev–Trinajstić information content (AvgIpc) is 3.13. The molecule has 1 aliphatic rings. The number of aryl methyl sites for hydroxylation is 2. The minimum absolute atomic E-state index is 0.00458. The van der Waals surface area contributed by atoms with Gasteiger partial charge in [-0.05, 0) is 42.7 Å². The second-order valence-corrected chi connectivity index (χ2v) is 7.37. The molecule has 1 fully saturated rings. The van der Waals surface area contributed by atoms with Gasteiger partial charge in [0.05, 0.1) is 12.5 Å². The molecule has 0 aliphatic carbocycles. The lowest BCUT2D eigenvalue weighted by Gasteiger charge is -2.18. The fourth-order valence-electron chi connectivity index (χ4n) is 3.26. The number of amides is 3. The Balaban J connectivity index is 1.47. The van der Waals surface area contributed by atoms with Crippen LogP contribution in [0.1, 0.15) is 34.8 Å². The number of carbonyl (C=O) groups excluding carboxylic acids is 4. The van der Waals surface area contributed by atoms with Crippen molar-refractivity contribution < 1.29 is 23.9 Å². The normalized spacial score (nSPS) is 15.5. The number of hydrogen-bond acceptors (Lipinski definition) is 5. The highest BCUT2D eigenvalue weighted by Gasteiger charge is 2.36. The number of esters is 1. The Morgan fingerprint density at radius 2 is 1.81 bits per heavy atom. The predicted molar refractivity (Wildman–Crippen MR) is 114 cm³/mol. The molecule has 2 aromatic rings. The minimum Gasteiger partial charge on any atom is -0.455 e. The lowest BCUT2D eigenvalue weighted by molar-refractivity contribution is -0.151. The van der Waals surface area contributed by atoms with Crippen LogP contribution < -0.4 is 10.7 Å². The van der Waals surface area contributed by atoms with Crippen LogP contribution in [0.2, 0.25) is 0 Å². The Morgan fingerprint density at radius 1 is 1.10 bits per heavy atom. The van der Waals surface area contributed by atoms with E-state index in [-0.39, 0.29) is 18.9 Å². The van der Waals surface area contributed by atoms with Gasteiger partial charge in [-0.3, -0.25) is 29.6 Å². The lowest BCUT2D eigenvalue weighted by atomic mass is 10.1. The molecule has 2 N–H and O–H groups in total. The first-order valence-electron chi connectivity index (χ1n) is 10.1. The molecule has 0 bridgehead atoms. The van der Waals surface area contributed by atoms with Crippen molar-refractivity contribution in [3.05, 3.63) is 65.2 Å². The molecule has 162 valence electrons. The Morgan fingerprint density at radius 3 is 2.48 bits per heavy atom. The van der Waals surface area contributed by atoms with Gasteiger partial charge in [-0.2, -0.15) is 0 Å². The average molecular weight is 423 g/mol. The second-order valence-electron chi connectivity index (χ2n) is 7.37. The van der Waals surface area contributed by atoms with E-state index in [4.69, 9.17) is 4.74 Å². The maximum Gasteiger partial charge on any atom is 0.311 e. The van der Waals surface area contributed by atoms with Crippen molar-refractivity contribution in [3.8, 4) is 0 Å². The first kappa shape index (κ1) is 22.0. The topological polar surface area (TPSA) is 105 Å². The number of ether oxygens (including phenoxy) is 1. The maximum atomic E-state index is 12.4. The number of nitrogens with zero attached hydrogens (tertiary/aromatic N) is 1. The summed E-state index contributed by atoms with van der Waals surface area (Å²) in [7, 11) is 0. The summed E-state index contributed by atoms with van der Waals surface area (Å²) < 4.78 is 5.07. The highest BCUT2D eigenvalue weighted by Crippen LogP contribution is 2.18. The van der Waals surface area contributed by atoms with Crippen molar-refractivity contribution >= 4 is 29.4 Å². The van der Waals surface area contributed by atoms with Crippen molar-refractivity contribution in [2.45, 2.75) is 26.7 Å².